The normalized spacial score (nSPS) is 49.1. The van der Waals surface area contributed by atoms with E-state index in [1.807, 2.05) is 0 Å². The standard InChI is InChI=1S/C28H47NO5/c1-16(2)7-6-8-17(3)19-9-10-20-24-21(13-23(29-34)27(19,20)5)26(4)12-11-18(30)14-28(26,25(32)33)15-22(24)31/h16-24,30-31H,6-15H2,1-5H3,(H,32,33). The van der Waals surface area contributed by atoms with Crippen molar-refractivity contribution in [2.75, 3.05) is 0 Å². The predicted molar refractivity (Wildman–Crippen MR) is 132 cm³/mol. The highest BCUT2D eigenvalue weighted by Gasteiger charge is 2.71. The summed E-state index contributed by atoms with van der Waals surface area (Å²) in [5.41, 5.74) is -1.93. The molecule has 0 radical (unpaired) electrons. The minimum absolute atomic E-state index is 0.00332. The summed E-state index contributed by atoms with van der Waals surface area (Å²) in [6, 6.07) is -0.348. The van der Waals surface area contributed by atoms with Gasteiger partial charge >= 0.3 is 5.97 Å². The number of aliphatic hydroxyl groups excluding tert-OH is 2. The Morgan fingerprint density at radius 3 is 2.35 bits per heavy atom. The maximum Gasteiger partial charge on any atom is 0.310 e. The second kappa shape index (κ2) is 9.14. The van der Waals surface area contributed by atoms with E-state index in [2.05, 4.69) is 39.8 Å². The molecule has 0 spiro atoms. The highest BCUT2D eigenvalue weighted by molar-refractivity contribution is 5.76. The molecule has 4 fully saturated rings. The molecule has 0 heterocycles. The van der Waals surface area contributed by atoms with Crippen LogP contribution in [0.2, 0.25) is 0 Å². The molecule has 0 saturated heterocycles. The van der Waals surface area contributed by atoms with Gasteiger partial charge in [0.15, 0.2) is 0 Å². The molecule has 6 nitrogen and oxygen atoms in total. The first-order valence-corrected chi connectivity index (χ1v) is 13.8. The third kappa shape index (κ3) is 3.68. The van der Waals surface area contributed by atoms with E-state index >= 15 is 0 Å². The summed E-state index contributed by atoms with van der Waals surface area (Å²) in [5.74, 6) is 0.844. The third-order valence-electron chi connectivity index (χ3n) is 11.7. The molecule has 0 aromatic rings. The number of carboxylic acid groups (broad SMARTS) is 1. The molecular weight excluding hydrogens is 430 g/mol. The Bertz CT molecular complexity index is 787. The quantitative estimate of drug-likeness (QED) is 0.411. The van der Waals surface area contributed by atoms with E-state index in [4.69, 9.17) is 0 Å². The van der Waals surface area contributed by atoms with Gasteiger partial charge in [0.2, 0.25) is 0 Å². The summed E-state index contributed by atoms with van der Waals surface area (Å²) in [7, 11) is 0. The topological polar surface area (TPSA) is 107 Å². The van der Waals surface area contributed by atoms with E-state index in [1.54, 1.807) is 0 Å². The highest BCUT2D eigenvalue weighted by Crippen LogP contribution is 2.71. The summed E-state index contributed by atoms with van der Waals surface area (Å²) in [4.78, 5) is 25.1. The van der Waals surface area contributed by atoms with Gasteiger partial charge in [0, 0.05) is 0 Å². The van der Waals surface area contributed by atoms with Gasteiger partial charge in [0.05, 0.1) is 23.7 Å². The molecule has 6 heteroatoms. The lowest BCUT2D eigenvalue weighted by molar-refractivity contribution is -0.228. The van der Waals surface area contributed by atoms with Crippen molar-refractivity contribution in [3.63, 3.8) is 0 Å². The maximum atomic E-state index is 12.7. The molecule has 0 amide bonds. The lowest BCUT2D eigenvalue weighted by Crippen LogP contribution is -2.67. The van der Waals surface area contributed by atoms with Gasteiger partial charge in [0.1, 0.15) is 0 Å². The Kier molecular flexibility index (Phi) is 7.00. The number of hydrogen-bond donors (Lipinski definition) is 3. The van der Waals surface area contributed by atoms with Crippen molar-refractivity contribution >= 4 is 5.97 Å². The summed E-state index contributed by atoms with van der Waals surface area (Å²) in [6.45, 7) is 11.2. The molecule has 0 aliphatic heterocycles. The molecule has 3 N–H and O–H groups in total. The molecule has 0 bridgehead atoms. The van der Waals surface area contributed by atoms with Crippen LogP contribution in [0.3, 0.4) is 0 Å². The monoisotopic (exact) mass is 477 g/mol. The molecule has 4 saturated carbocycles. The van der Waals surface area contributed by atoms with Crippen LogP contribution in [-0.2, 0) is 4.79 Å². The fraction of sp³-hybridized carbons (Fsp3) is 0.964. The van der Waals surface area contributed by atoms with E-state index in [9.17, 15) is 25.0 Å². The van der Waals surface area contributed by atoms with Crippen LogP contribution in [0.5, 0.6) is 0 Å². The van der Waals surface area contributed by atoms with Crippen LogP contribution in [-0.4, -0.2) is 39.5 Å². The van der Waals surface area contributed by atoms with E-state index in [0.29, 0.717) is 37.0 Å². The van der Waals surface area contributed by atoms with Crippen LogP contribution in [0.15, 0.2) is 5.18 Å². The smallest absolute Gasteiger partial charge is 0.310 e. The minimum atomic E-state index is -1.14. The van der Waals surface area contributed by atoms with Crippen LogP contribution in [0.25, 0.3) is 0 Å². The van der Waals surface area contributed by atoms with Crippen LogP contribution < -0.4 is 0 Å². The third-order valence-corrected chi connectivity index (χ3v) is 11.7. The Labute approximate surface area is 205 Å². The molecule has 194 valence electrons. The second-order valence-electron chi connectivity index (χ2n) is 13.5. The van der Waals surface area contributed by atoms with Gasteiger partial charge in [-0.2, -0.15) is 4.91 Å². The second-order valence-corrected chi connectivity index (χ2v) is 13.5. The number of carboxylic acids is 1. The fourth-order valence-electron chi connectivity index (χ4n) is 9.83. The summed E-state index contributed by atoms with van der Waals surface area (Å²) < 4.78 is 0. The van der Waals surface area contributed by atoms with Crippen molar-refractivity contribution in [2.45, 2.75) is 117 Å². The molecule has 4 aliphatic carbocycles. The zero-order valence-electron chi connectivity index (χ0n) is 21.9. The van der Waals surface area contributed by atoms with Crippen LogP contribution >= 0.6 is 0 Å². The van der Waals surface area contributed by atoms with Gasteiger partial charge in [-0.05, 0) is 91.3 Å². The van der Waals surface area contributed by atoms with Crippen molar-refractivity contribution in [3.05, 3.63) is 4.91 Å². The zero-order valence-corrected chi connectivity index (χ0v) is 21.9. The van der Waals surface area contributed by atoms with E-state index in [0.717, 1.165) is 19.3 Å². The Hall–Kier alpha value is -1.01. The Balaban J connectivity index is 1.67. The molecule has 0 aromatic heterocycles. The number of nitroso groups, excluding NO2 is 1. The van der Waals surface area contributed by atoms with Crippen molar-refractivity contribution in [2.24, 2.45) is 56.9 Å². The lowest BCUT2D eigenvalue weighted by atomic mass is 9.38. The van der Waals surface area contributed by atoms with Crippen molar-refractivity contribution in [1.29, 1.82) is 0 Å². The number of carbonyl (C=O) groups is 1. The fourth-order valence-corrected chi connectivity index (χ4v) is 9.83. The molecule has 4 aliphatic rings. The molecular formula is C28H47NO5. The SMILES string of the molecule is CC(C)CCCC(C)C1CCC2C3C(O)CC4(C(=O)O)CC(O)CCC4(C)C3CC(N=O)C12C. The van der Waals surface area contributed by atoms with Gasteiger partial charge in [-0.1, -0.05) is 59.1 Å². The number of hydrogen-bond acceptors (Lipinski definition) is 5. The molecule has 34 heavy (non-hydrogen) atoms. The Morgan fingerprint density at radius 2 is 1.74 bits per heavy atom. The summed E-state index contributed by atoms with van der Waals surface area (Å²) >= 11 is 0. The van der Waals surface area contributed by atoms with Crippen molar-refractivity contribution in [3.8, 4) is 0 Å². The number of rotatable bonds is 7. The van der Waals surface area contributed by atoms with Gasteiger partial charge in [-0.25, -0.2) is 0 Å². The molecule has 11 unspecified atom stereocenters. The molecule has 11 atom stereocenters. The van der Waals surface area contributed by atoms with Crippen LogP contribution in [0, 0.1) is 56.7 Å². The van der Waals surface area contributed by atoms with Crippen LogP contribution in [0.1, 0.15) is 98.8 Å². The van der Waals surface area contributed by atoms with Crippen molar-refractivity contribution in [1.82, 2.24) is 0 Å². The zero-order chi connectivity index (χ0) is 25.1. The van der Waals surface area contributed by atoms with E-state index < -0.39 is 29.0 Å². The Morgan fingerprint density at radius 1 is 1.03 bits per heavy atom. The largest absolute Gasteiger partial charge is 0.481 e. The van der Waals surface area contributed by atoms with Crippen molar-refractivity contribution < 1.29 is 20.1 Å². The van der Waals surface area contributed by atoms with E-state index in [1.165, 1.54) is 12.8 Å². The maximum absolute atomic E-state index is 12.7. The van der Waals surface area contributed by atoms with Gasteiger partial charge in [-0.15, -0.1) is 0 Å². The van der Waals surface area contributed by atoms with Gasteiger partial charge in [0.25, 0.3) is 0 Å². The average Bonchev–Trinajstić information content (AvgIpc) is 3.11. The number of aliphatic carboxylic acids is 1. The van der Waals surface area contributed by atoms with Gasteiger partial charge < -0.3 is 15.3 Å². The average molecular weight is 478 g/mol. The van der Waals surface area contributed by atoms with Crippen LogP contribution in [0.4, 0.5) is 0 Å². The minimum Gasteiger partial charge on any atom is -0.481 e. The number of nitrogens with zero attached hydrogens (tertiary/aromatic N) is 1. The first-order valence-electron chi connectivity index (χ1n) is 13.8. The molecule has 4 rings (SSSR count). The molecule has 0 aromatic carbocycles. The van der Waals surface area contributed by atoms with E-state index in [-0.39, 0.29) is 42.1 Å². The van der Waals surface area contributed by atoms with Gasteiger partial charge in [-0.3, -0.25) is 4.79 Å². The first kappa shape index (κ1) is 26.1. The number of aliphatic hydroxyl groups is 2. The predicted octanol–water partition coefficient (Wildman–Crippen LogP) is 5.64. The first-order chi connectivity index (χ1) is 15.9. The highest BCUT2D eigenvalue weighted by atomic mass is 16.4. The number of fused-ring (bicyclic) bond motifs is 5. The lowest BCUT2D eigenvalue weighted by Gasteiger charge is -2.66. The summed E-state index contributed by atoms with van der Waals surface area (Å²) in [6.07, 6.45) is 6.43. The summed E-state index contributed by atoms with van der Waals surface area (Å²) in [5, 5.41) is 36.1.